The van der Waals surface area contributed by atoms with Crippen molar-refractivity contribution in [1.82, 2.24) is 4.98 Å². The summed E-state index contributed by atoms with van der Waals surface area (Å²) in [4.78, 5) is 5.93. The van der Waals surface area contributed by atoms with Crippen molar-refractivity contribution in [3.63, 3.8) is 0 Å². The SMILES string of the molecule is FC(F)(F)c1cccc(NC[C@H]2CCN(c3ccccc3)C2)n1. The number of nitrogens with zero attached hydrogens (tertiary/aromatic N) is 2. The maximum absolute atomic E-state index is 12.7. The van der Waals surface area contributed by atoms with E-state index in [2.05, 4.69) is 27.3 Å². The van der Waals surface area contributed by atoms with Gasteiger partial charge in [-0.2, -0.15) is 13.2 Å². The molecule has 1 aromatic carbocycles. The Morgan fingerprint density at radius 1 is 1.09 bits per heavy atom. The number of alkyl halides is 3. The molecule has 3 nitrogen and oxygen atoms in total. The van der Waals surface area contributed by atoms with Crippen LogP contribution in [0.4, 0.5) is 24.7 Å². The molecule has 0 amide bonds. The highest BCUT2D eigenvalue weighted by atomic mass is 19.4. The standard InChI is InChI=1S/C17H18F3N3/c18-17(19,20)15-7-4-8-16(22-15)21-11-13-9-10-23(12-13)14-5-2-1-3-6-14/h1-8,13H,9-12H2,(H,21,22)/t13-/m1/s1. The van der Waals surface area contributed by atoms with Crippen LogP contribution in [0.3, 0.4) is 0 Å². The van der Waals surface area contributed by atoms with Crippen LogP contribution in [0, 0.1) is 5.92 Å². The smallest absolute Gasteiger partial charge is 0.371 e. The van der Waals surface area contributed by atoms with E-state index in [1.807, 2.05) is 18.2 Å². The quantitative estimate of drug-likeness (QED) is 0.921. The van der Waals surface area contributed by atoms with E-state index < -0.39 is 11.9 Å². The molecule has 1 N–H and O–H groups in total. The average Bonchev–Trinajstić information content (AvgIpc) is 3.02. The van der Waals surface area contributed by atoms with Gasteiger partial charge >= 0.3 is 6.18 Å². The van der Waals surface area contributed by atoms with Crippen LogP contribution in [0.1, 0.15) is 12.1 Å². The van der Waals surface area contributed by atoms with Crippen LogP contribution in [-0.4, -0.2) is 24.6 Å². The number of hydrogen-bond acceptors (Lipinski definition) is 3. The number of rotatable bonds is 4. The van der Waals surface area contributed by atoms with Gasteiger partial charge in [-0.15, -0.1) is 0 Å². The van der Waals surface area contributed by atoms with Crippen LogP contribution >= 0.6 is 0 Å². The van der Waals surface area contributed by atoms with Crippen LogP contribution < -0.4 is 10.2 Å². The lowest BCUT2D eigenvalue weighted by atomic mass is 10.1. The van der Waals surface area contributed by atoms with Gasteiger partial charge < -0.3 is 10.2 Å². The Bertz CT molecular complexity index is 643. The van der Waals surface area contributed by atoms with Gasteiger partial charge in [0.25, 0.3) is 0 Å². The molecular weight excluding hydrogens is 303 g/mol. The number of para-hydroxylation sites is 1. The lowest BCUT2D eigenvalue weighted by molar-refractivity contribution is -0.141. The zero-order valence-electron chi connectivity index (χ0n) is 12.6. The van der Waals surface area contributed by atoms with Gasteiger partial charge in [0.15, 0.2) is 0 Å². The molecule has 0 aliphatic carbocycles. The predicted octanol–water partition coefficient (Wildman–Crippen LogP) is 4.04. The number of hydrogen-bond donors (Lipinski definition) is 1. The molecule has 1 atom stereocenters. The molecule has 2 heterocycles. The van der Waals surface area contributed by atoms with Crippen molar-refractivity contribution >= 4 is 11.5 Å². The molecule has 1 aliphatic rings. The van der Waals surface area contributed by atoms with Gasteiger partial charge in [0, 0.05) is 25.3 Å². The largest absolute Gasteiger partial charge is 0.433 e. The van der Waals surface area contributed by atoms with Crippen LogP contribution in [0.15, 0.2) is 48.5 Å². The summed E-state index contributed by atoms with van der Waals surface area (Å²) in [7, 11) is 0. The molecule has 0 saturated carbocycles. The van der Waals surface area contributed by atoms with Gasteiger partial charge in [-0.3, -0.25) is 0 Å². The van der Waals surface area contributed by atoms with Gasteiger partial charge in [0.1, 0.15) is 11.5 Å². The topological polar surface area (TPSA) is 28.2 Å². The summed E-state index contributed by atoms with van der Waals surface area (Å²) >= 11 is 0. The number of benzene rings is 1. The van der Waals surface area contributed by atoms with Crippen LogP contribution in [0.2, 0.25) is 0 Å². The van der Waals surface area contributed by atoms with E-state index in [1.54, 1.807) is 6.07 Å². The highest BCUT2D eigenvalue weighted by molar-refractivity contribution is 5.47. The number of aromatic nitrogens is 1. The predicted molar refractivity (Wildman–Crippen MR) is 84.5 cm³/mol. The number of halogens is 3. The Labute approximate surface area is 133 Å². The zero-order valence-corrected chi connectivity index (χ0v) is 12.6. The third-order valence-electron chi connectivity index (χ3n) is 4.02. The van der Waals surface area contributed by atoms with Crippen molar-refractivity contribution in [3.05, 3.63) is 54.2 Å². The molecule has 2 aromatic rings. The van der Waals surface area contributed by atoms with Crippen molar-refractivity contribution in [3.8, 4) is 0 Å². The fourth-order valence-corrected chi connectivity index (χ4v) is 2.81. The van der Waals surface area contributed by atoms with Crippen molar-refractivity contribution in [2.75, 3.05) is 29.9 Å². The van der Waals surface area contributed by atoms with Gasteiger partial charge in [-0.1, -0.05) is 24.3 Å². The minimum Gasteiger partial charge on any atom is -0.371 e. The molecule has 0 radical (unpaired) electrons. The Morgan fingerprint density at radius 3 is 2.61 bits per heavy atom. The minimum absolute atomic E-state index is 0.276. The molecule has 1 saturated heterocycles. The van der Waals surface area contributed by atoms with Gasteiger partial charge in [-0.05, 0) is 36.6 Å². The van der Waals surface area contributed by atoms with E-state index >= 15 is 0 Å². The summed E-state index contributed by atoms with van der Waals surface area (Å²) in [5.74, 6) is 0.671. The van der Waals surface area contributed by atoms with Crippen LogP contribution in [0.5, 0.6) is 0 Å². The third kappa shape index (κ3) is 3.94. The molecular formula is C17H18F3N3. The molecule has 1 aromatic heterocycles. The first kappa shape index (κ1) is 15.6. The van der Waals surface area contributed by atoms with Crippen LogP contribution in [0.25, 0.3) is 0 Å². The Kier molecular flexibility index (Phi) is 4.41. The molecule has 6 heteroatoms. The first-order valence-electron chi connectivity index (χ1n) is 7.60. The highest BCUT2D eigenvalue weighted by Gasteiger charge is 2.32. The monoisotopic (exact) mass is 321 g/mol. The summed E-state index contributed by atoms with van der Waals surface area (Å²) in [6.45, 7) is 2.49. The minimum atomic E-state index is -4.41. The van der Waals surface area contributed by atoms with Gasteiger partial charge in [0.05, 0.1) is 0 Å². The second-order valence-corrected chi connectivity index (χ2v) is 5.72. The molecule has 3 rings (SSSR count). The lowest BCUT2D eigenvalue weighted by Gasteiger charge is -2.19. The molecule has 0 bridgehead atoms. The lowest BCUT2D eigenvalue weighted by Crippen LogP contribution is -2.22. The maximum Gasteiger partial charge on any atom is 0.433 e. The maximum atomic E-state index is 12.7. The summed E-state index contributed by atoms with van der Waals surface area (Å²) in [5.41, 5.74) is 0.326. The van der Waals surface area contributed by atoms with E-state index in [1.165, 1.54) is 11.8 Å². The van der Waals surface area contributed by atoms with E-state index in [9.17, 15) is 13.2 Å². The Morgan fingerprint density at radius 2 is 1.87 bits per heavy atom. The van der Waals surface area contributed by atoms with Crippen LogP contribution in [-0.2, 0) is 6.18 Å². The third-order valence-corrected chi connectivity index (χ3v) is 4.02. The van der Waals surface area contributed by atoms with E-state index in [4.69, 9.17) is 0 Å². The number of pyridine rings is 1. The molecule has 23 heavy (non-hydrogen) atoms. The normalized spacial score (nSPS) is 18.2. The van der Waals surface area contributed by atoms with Gasteiger partial charge in [-0.25, -0.2) is 4.98 Å². The molecule has 1 fully saturated rings. The molecule has 0 unspecified atom stereocenters. The highest BCUT2D eigenvalue weighted by Crippen LogP contribution is 2.28. The summed E-state index contributed by atoms with van der Waals surface area (Å²) in [6, 6.07) is 14.1. The first-order chi connectivity index (χ1) is 11.0. The van der Waals surface area contributed by atoms with E-state index in [0.717, 1.165) is 25.6 Å². The first-order valence-corrected chi connectivity index (χ1v) is 7.60. The average molecular weight is 321 g/mol. The van der Waals surface area contributed by atoms with Crippen molar-refractivity contribution in [2.24, 2.45) is 5.92 Å². The summed E-state index contributed by atoms with van der Waals surface area (Å²) in [5, 5.41) is 3.03. The fraction of sp³-hybridized carbons (Fsp3) is 0.353. The number of nitrogens with one attached hydrogen (secondary N) is 1. The van der Waals surface area contributed by atoms with Crippen molar-refractivity contribution < 1.29 is 13.2 Å². The van der Waals surface area contributed by atoms with Gasteiger partial charge in [0.2, 0.25) is 0 Å². The summed E-state index contributed by atoms with van der Waals surface area (Å²) in [6.07, 6.45) is -3.39. The zero-order chi connectivity index (χ0) is 16.3. The second kappa shape index (κ2) is 6.48. The summed E-state index contributed by atoms with van der Waals surface area (Å²) < 4.78 is 38.0. The fourth-order valence-electron chi connectivity index (χ4n) is 2.81. The second-order valence-electron chi connectivity index (χ2n) is 5.72. The van der Waals surface area contributed by atoms with E-state index in [0.29, 0.717) is 12.5 Å². The molecule has 122 valence electrons. The van der Waals surface area contributed by atoms with E-state index in [-0.39, 0.29) is 5.82 Å². The Balaban J connectivity index is 1.56. The number of anilines is 2. The Hall–Kier alpha value is -2.24. The molecule has 1 aliphatic heterocycles. The van der Waals surface area contributed by atoms with Crippen molar-refractivity contribution in [2.45, 2.75) is 12.6 Å². The van der Waals surface area contributed by atoms with Crippen molar-refractivity contribution in [1.29, 1.82) is 0 Å². The molecule has 0 spiro atoms.